The van der Waals surface area contributed by atoms with Crippen LogP contribution in [0.15, 0.2) is 36.0 Å². The molecule has 0 bridgehead atoms. The Bertz CT molecular complexity index is 296. The zero-order chi connectivity index (χ0) is 10.4. The molecule has 0 fully saturated rings. The average molecular weight is 189 g/mol. The summed E-state index contributed by atoms with van der Waals surface area (Å²) >= 11 is 0. The molecule has 14 heavy (non-hydrogen) atoms. The maximum Gasteiger partial charge on any atom is 0.0381 e. The van der Waals surface area contributed by atoms with Crippen LogP contribution in [0.4, 0.5) is 5.69 Å². The van der Waals surface area contributed by atoms with Gasteiger partial charge in [0.1, 0.15) is 0 Å². The first-order valence-electron chi connectivity index (χ1n) is 5.29. The summed E-state index contributed by atoms with van der Waals surface area (Å²) in [6.45, 7) is 6.41. The minimum Gasteiger partial charge on any atom is -0.359 e. The van der Waals surface area contributed by atoms with Crippen LogP contribution in [0.5, 0.6) is 0 Å². The number of hydrogen-bond acceptors (Lipinski definition) is 1. The van der Waals surface area contributed by atoms with Gasteiger partial charge in [0.15, 0.2) is 0 Å². The highest BCUT2D eigenvalue weighted by Crippen LogP contribution is 2.12. The molecule has 1 aromatic rings. The van der Waals surface area contributed by atoms with Crippen molar-refractivity contribution in [3.63, 3.8) is 0 Å². The number of aryl methyl sites for hydroxylation is 1. The maximum absolute atomic E-state index is 3.36. The van der Waals surface area contributed by atoms with Crippen LogP contribution in [-0.2, 0) is 6.42 Å². The van der Waals surface area contributed by atoms with Gasteiger partial charge in [-0.2, -0.15) is 0 Å². The van der Waals surface area contributed by atoms with Gasteiger partial charge in [0.05, 0.1) is 0 Å². The van der Waals surface area contributed by atoms with Crippen LogP contribution in [-0.4, -0.2) is 0 Å². The van der Waals surface area contributed by atoms with E-state index in [0.717, 1.165) is 12.8 Å². The summed E-state index contributed by atoms with van der Waals surface area (Å²) in [7, 11) is 0. The lowest BCUT2D eigenvalue weighted by Gasteiger charge is -2.06. The van der Waals surface area contributed by atoms with Gasteiger partial charge in [-0.25, -0.2) is 0 Å². The Morgan fingerprint density at radius 3 is 2.36 bits per heavy atom. The Morgan fingerprint density at radius 2 is 1.86 bits per heavy atom. The Labute approximate surface area is 86.8 Å². The molecular weight excluding hydrogens is 170 g/mol. The van der Waals surface area contributed by atoms with Crippen molar-refractivity contribution in [1.82, 2.24) is 0 Å². The van der Waals surface area contributed by atoms with E-state index in [0.29, 0.717) is 0 Å². The zero-order valence-electron chi connectivity index (χ0n) is 9.30. The van der Waals surface area contributed by atoms with Gasteiger partial charge in [0, 0.05) is 11.4 Å². The third-order valence-corrected chi connectivity index (χ3v) is 2.21. The van der Waals surface area contributed by atoms with Gasteiger partial charge < -0.3 is 5.32 Å². The lowest BCUT2D eigenvalue weighted by Crippen LogP contribution is -1.95. The van der Waals surface area contributed by atoms with E-state index in [1.165, 1.54) is 16.9 Å². The van der Waals surface area contributed by atoms with Gasteiger partial charge in [0.2, 0.25) is 0 Å². The molecule has 0 saturated heterocycles. The number of allylic oxidation sites excluding steroid dienone is 2. The SMILES string of the molecule is CC/C=C(/C)Nc1ccc(CC)cc1. The number of benzene rings is 1. The maximum atomic E-state index is 3.36. The largest absolute Gasteiger partial charge is 0.359 e. The predicted molar refractivity (Wildman–Crippen MR) is 63.5 cm³/mol. The van der Waals surface area contributed by atoms with Crippen molar-refractivity contribution in [1.29, 1.82) is 0 Å². The predicted octanol–water partition coefficient (Wildman–Crippen LogP) is 3.97. The molecule has 0 amide bonds. The second-order valence-corrected chi connectivity index (χ2v) is 3.47. The van der Waals surface area contributed by atoms with E-state index in [1.807, 2.05) is 0 Å². The van der Waals surface area contributed by atoms with Gasteiger partial charge in [-0.05, 0) is 37.5 Å². The first kappa shape index (κ1) is 10.8. The molecule has 1 nitrogen and oxygen atoms in total. The minimum atomic E-state index is 1.08. The molecule has 0 aliphatic rings. The molecule has 0 saturated carbocycles. The monoisotopic (exact) mass is 189 g/mol. The highest BCUT2D eigenvalue weighted by atomic mass is 14.9. The second-order valence-electron chi connectivity index (χ2n) is 3.47. The molecular formula is C13H19N. The molecule has 0 radical (unpaired) electrons. The third-order valence-electron chi connectivity index (χ3n) is 2.21. The van der Waals surface area contributed by atoms with Crippen molar-refractivity contribution >= 4 is 5.69 Å². The number of nitrogens with one attached hydrogen (secondary N) is 1. The van der Waals surface area contributed by atoms with Crippen LogP contribution in [0.1, 0.15) is 32.8 Å². The van der Waals surface area contributed by atoms with Crippen LogP contribution in [0.2, 0.25) is 0 Å². The molecule has 0 spiro atoms. The second kappa shape index (κ2) is 5.48. The van der Waals surface area contributed by atoms with E-state index in [1.54, 1.807) is 0 Å². The average Bonchev–Trinajstić information content (AvgIpc) is 2.19. The molecule has 1 aromatic carbocycles. The van der Waals surface area contributed by atoms with Crippen LogP contribution in [0, 0.1) is 0 Å². The Kier molecular flexibility index (Phi) is 4.24. The number of anilines is 1. The summed E-state index contributed by atoms with van der Waals surface area (Å²) in [5, 5.41) is 3.36. The Morgan fingerprint density at radius 1 is 1.21 bits per heavy atom. The van der Waals surface area contributed by atoms with Crippen LogP contribution in [0.25, 0.3) is 0 Å². The van der Waals surface area contributed by atoms with E-state index >= 15 is 0 Å². The van der Waals surface area contributed by atoms with Gasteiger partial charge in [0.25, 0.3) is 0 Å². The van der Waals surface area contributed by atoms with Gasteiger partial charge in [-0.3, -0.25) is 0 Å². The molecule has 1 rings (SSSR count). The van der Waals surface area contributed by atoms with E-state index < -0.39 is 0 Å². The molecule has 0 atom stereocenters. The van der Waals surface area contributed by atoms with E-state index in [-0.39, 0.29) is 0 Å². The molecule has 0 aliphatic carbocycles. The van der Waals surface area contributed by atoms with Crippen molar-refractivity contribution in [2.24, 2.45) is 0 Å². The molecule has 0 unspecified atom stereocenters. The van der Waals surface area contributed by atoms with Gasteiger partial charge in [-0.15, -0.1) is 0 Å². The smallest absolute Gasteiger partial charge is 0.0381 e. The first-order valence-corrected chi connectivity index (χ1v) is 5.29. The first-order chi connectivity index (χ1) is 6.76. The zero-order valence-corrected chi connectivity index (χ0v) is 9.30. The summed E-state index contributed by atoms with van der Waals surface area (Å²) in [5.74, 6) is 0. The highest BCUT2D eigenvalue weighted by molar-refractivity contribution is 5.48. The molecule has 1 heteroatoms. The summed E-state index contributed by atoms with van der Waals surface area (Å²) in [5.41, 5.74) is 3.77. The number of rotatable bonds is 4. The quantitative estimate of drug-likeness (QED) is 0.755. The summed E-state index contributed by atoms with van der Waals surface area (Å²) < 4.78 is 0. The molecule has 0 aromatic heterocycles. The van der Waals surface area contributed by atoms with Gasteiger partial charge in [-0.1, -0.05) is 32.1 Å². The normalized spacial score (nSPS) is 11.5. The molecule has 0 aliphatic heterocycles. The molecule has 76 valence electrons. The lowest BCUT2D eigenvalue weighted by atomic mass is 10.1. The van der Waals surface area contributed by atoms with Crippen molar-refractivity contribution in [2.45, 2.75) is 33.6 Å². The molecule has 1 N–H and O–H groups in total. The fourth-order valence-electron chi connectivity index (χ4n) is 1.41. The molecule has 0 heterocycles. The van der Waals surface area contributed by atoms with Crippen LogP contribution < -0.4 is 5.32 Å². The van der Waals surface area contributed by atoms with Crippen LogP contribution >= 0.6 is 0 Å². The summed E-state index contributed by atoms with van der Waals surface area (Å²) in [6, 6.07) is 8.60. The highest BCUT2D eigenvalue weighted by Gasteiger charge is 1.92. The third kappa shape index (κ3) is 3.25. The van der Waals surface area contributed by atoms with Crippen molar-refractivity contribution in [2.75, 3.05) is 5.32 Å². The topological polar surface area (TPSA) is 12.0 Å². The summed E-state index contributed by atoms with van der Waals surface area (Å²) in [6.07, 6.45) is 4.36. The fraction of sp³-hybridized carbons (Fsp3) is 0.385. The Balaban J connectivity index is 2.64. The van der Waals surface area contributed by atoms with E-state index in [9.17, 15) is 0 Å². The standard InChI is InChI=1S/C13H19N/c1-4-6-11(3)14-13-9-7-12(5-2)8-10-13/h6-10,14H,4-5H2,1-3H3/b11-6-. The fourth-order valence-corrected chi connectivity index (χ4v) is 1.41. The van der Waals surface area contributed by atoms with Crippen molar-refractivity contribution < 1.29 is 0 Å². The summed E-state index contributed by atoms with van der Waals surface area (Å²) in [4.78, 5) is 0. The van der Waals surface area contributed by atoms with Crippen LogP contribution in [0.3, 0.4) is 0 Å². The minimum absolute atomic E-state index is 1.08. The van der Waals surface area contributed by atoms with Gasteiger partial charge >= 0.3 is 0 Å². The van der Waals surface area contributed by atoms with E-state index in [4.69, 9.17) is 0 Å². The Hall–Kier alpha value is -1.24. The van der Waals surface area contributed by atoms with E-state index in [2.05, 4.69) is 56.4 Å². The number of hydrogen-bond donors (Lipinski definition) is 1. The van der Waals surface area contributed by atoms with Crippen molar-refractivity contribution in [3.05, 3.63) is 41.6 Å². The van der Waals surface area contributed by atoms with Crippen molar-refractivity contribution in [3.8, 4) is 0 Å². The lowest BCUT2D eigenvalue weighted by molar-refractivity contribution is 1.14.